The van der Waals surface area contributed by atoms with Gasteiger partial charge in [-0.3, -0.25) is 14.4 Å². The maximum Gasteiger partial charge on any atom is 0.309 e. The van der Waals surface area contributed by atoms with Gasteiger partial charge >= 0.3 is 5.97 Å². The molecule has 0 unspecified atom stereocenters. The number of nitrogens with one attached hydrogen (secondary N) is 1. The summed E-state index contributed by atoms with van der Waals surface area (Å²) in [5.41, 5.74) is 1.83. The van der Waals surface area contributed by atoms with E-state index in [1.54, 1.807) is 35.3 Å². The second-order valence-electron chi connectivity index (χ2n) is 7.36. The zero-order valence-electron chi connectivity index (χ0n) is 17.1. The number of nitrogens with zero attached hydrogens (tertiary/aromatic N) is 1. The number of esters is 1. The van der Waals surface area contributed by atoms with Crippen LogP contribution in [0.5, 0.6) is 0 Å². The fourth-order valence-electron chi connectivity index (χ4n) is 3.33. The van der Waals surface area contributed by atoms with Gasteiger partial charge < -0.3 is 15.0 Å². The minimum Gasteiger partial charge on any atom is -0.455 e. The third-order valence-corrected chi connectivity index (χ3v) is 5.32. The van der Waals surface area contributed by atoms with Gasteiger partial charge in [0.25, 0.3) is 5.91 Å². The van der Waals surface area contributed by atoms with Crippen LogP contribution in [0, 0.1) is 5.92 Å². The molecule has 1 fully saturated rings. The largest absolute Gasteiger partial charge is 0.455 e. The van der Waals surface area contributed by atoms with E-state index in [2.05, 4.69) is 5.32 Å². The summed E-state index contributed by atoms with van der Waals surface area (Å²) >= 11 is 5.91. The Kier molecular flexibility index (Phi) is 8.24. The highest BCUT2D eigenvalue weighted by atomic mass is 35.5. The first-order chi connectivity index (χ1) is 15.0. The molecule has 0 bridgehead atoms. The summed E-state index contributed by atoms with van der Waals surface area (Å²) < 4.78 is 5.16. The summed E-state index contributed by atoms with van der Waals surface area (Å²) in [4.78, 5) is 38.3. The van der Waals surface area contributed by atoms with E-state index in [0.29, 0.717) is 37.5 Å². The molecule has 0 aliphatic carbocycles. The predicted octanol–water partition coefficient (Wildman–Crippen LogP) is 3.45. The van der Waals surface area contributed by atoms with Crippen LogP contribution in [0.3, 0.4) is 0 Å². The molecule has 0 radical (unpaired) electrons. The van der Waals surface area contributed by atoms with Crippen molar-refractivity contribution in [1.82, 2.24) is 10.2 Å². The van der Waals surface area contributed by atoms with Crippen molar-refractivity contribution in [2.45, 2.75) is 19.4 Å². The van der Waals surface area contributed by atoms with Crippen molar-refractivity contribution in [2.24, 2.45) is 5.92 Å². The van der Waals surface area contributed by atoms with Crippen LogP contribution in [-0.2, 0) is 25.7 Å². The zero-order chi connectivity index (χ0) is 22.1. The van der Waals surface area contributed by atoms with Crippen LogP contribution >= 0.6 is 11.6 Å². The van der Waals surface area contributed by atoms with E-state index >= 15 is 0 Å². The van der Waals surface area contributed by atoms with E-state index in [0.717, 1.165) is 11.1 Å². The number of ether oxygens (including phenoxy) is 1. The lowest BCUT2D eigenvalue weighted by Crippen LogP contribution is -2.40. The van der Waals surface area contributed by atoms with E-state index in [-0.39, 0.29) is 24.3 Å². The minimum absolute atomic E-state index is 0.0731. The Labute approximate surface area is 186 Å². The van der Waals surface area contributed by atoms with Gasteiger partial charge in [-0.05, 0) is 42.2 Å². The topological polar surface area (TPSA) is 75.7 Å². The Morgan fingerprint density at radius 2 is 1.81 bits per heavy atom. The Balaban J connectivity index is 1.36. The van der Waals surface area contributed by atoms with Crippen LogP contribution in [0.2, 0.25) is 5.02 Å². The first-order valence-corrected chi connectivity index (χ1v) is 10.6. The number of carbonyl (C=O) groups excluding carboxylic acids is 3. The second kappa shape index (κ2) is 11.3. The molecule has 1 saturated heterocycles. The van der Waals surface area contributed by atoms with Crippen molar-refractivity contribution in [3.8, 4) is 0 Å². The van der Waals surface area contributed by atoms with Crippen molar-refractivity contribution in [1.29, 1.82) is 0 Å². The number of rotatable bonds is 7. The van der Waals surface area contributed by atoms with Crippen LogP contribution < -0.4 is 5.32 Å². The molecule has 1 aliphatic rings. The summed E-state index contributed by atoms with van der Waals surface area (Å²) in [5, 5.41) is 3.29. The van der Waals surface area contributed by atoms with E-state index in [9.17, 15) is 14.4 Å². The highest BCUT2D eigenvalue weighted by Crippen LogP contribution is 2.19. The Hall–Kier alpha value is -3.12. The van der Waals surface area contributed by atoms with Gasteiger partial charge in [0.05, 0.1) is 5.92 Å². The summed E-state index contributed by atoms with van der Waals surface area (Å²) in [6.07, 6.45) is 4.38. The highest BCUT2D eigenvalue weighted by molar-refractivity contribution is 6.30. The van der Waals surface area contributed by atoms with E-state index in [1.165, 1.54) is 0 Å². The third kappa shape index (κ3) is 7.26. The summed E-state index contributed by atoms with van der Waals surface area (Å²) in [6, 6.07) is 16.8. The number of piperidine rings is 1. The lowest BCUT2D eigenvalue weighted by molar-refractivity contribution is -0.154. The first-order valence-electron chi connectivity index (χ1n) is 10.2. The Bertz CT molecular complexity index is 938. The van der Waals surface area contributed by atoms with Crippen molar-refractivity contribution in [3.05, 3.63) is 76.8 Å². The van der Waals surface area contributed by atoms with Crippen LogP contribution in [0.25, 0.3) is 6.08 Å². The first kappa shape index (κ1) is 22.6. The summed E-state index contributed by atoms with van der Waals surface area (Å²) in [5.74, 6) is -1.14. The van der Waals surface area contributed by atoms with Gasteiger partial charge in [-0.2, -0.15) is 0 Å². The smallest absolute Gasteiger partial charge is 0.309 e. The Morgan fingerprint density at radius 1 is 1.06 bits per heavy atom. The van der Waals surface area contributed by atoms with Gasteiger partial charge in [-0.15, -0.1) is 0 Å². The van der Waals surface area contributed by atoms with Crippen LogP contribution in [0.1, 0.15) is 24.0 Å². The number of hydrogen-bond donors (Lipinski definition) is 1. The molecule has 31 heavy (non-hydrogen) atoms. The molecule has 6 nitrogen and oxygen atoms in total. The molecule has 0 spiro atoms. The number of hydrogen-bond acceptors (Lipinski definition) is 4. The molecule has 2 amide bonds. The van der Waals surface area contributed by atoms with Gasteiger partial charge in [0.15, 0.2) is 6.61 Å². The second-order valence-corrected chi connectivity index (χ2v) is 7.79. The molecule has 0 aromatic heterocycles. The number of halogens is 1. The number of amides is 2. The standard InChI is InChI=1S/C24H25ClN2O4/c25-21-8-4-7-19(15-21)16-26-22(28)17-31-24(30)20-11-13-27(14-12-20)23(29)10-9-18-5-2-1-3-6-18/h1-10,15,20H,11-14,16-17H2,(H,26,28)/b10-9+. The number of benzene rings is 2. The molecule has 3 rings (SSSR count). The molecule has 0 saturated carbocycles. The van der Waals surface area contributed by atoms with E-state index in [1.807, 2.05) is 36.4 Å². The van der Waals surface area contributed by atoms with E-state index in [4.69, 9.17) is 16.3 Å². The van der Waals surface area contributed by atoms with Crippen molar-refractivity contribution in [2.75, 3.05) is 19.7 Å². The van der Waals surface area contributed by atoms with Crippen molar-refractivity contribution < 1.29 is 19.1 Å². The van der Waals surface area contributed by atoms with Gasteiger partial charge in [0, 0.05) is 30.7 Å². The molecule has 2 aromatic carbocycles. The minimum atomic E-state index is -0.398. The molecule has 1 aliphatic heterocycles. The van der Waals surface area contributed by atoms with Gasteiger partial charge in [0.1, 0.15) is 0 Å². The number of likely N-dealkylation sites (tertiary alicyclic amines) is 1. The molecular weight excluding hydrogens is 416 g/mol. The van der Waals surface area contributed by atoms with Gasteiger partial charge in [-0.25, -0.2) is 0 Å². The zero-order valence-corrected chi connectivity index (χ0v) is 17.9. The maximum absolute atomic E-state index is 12.3. The lowest BCUT2D eigenvalue weighted by Gasteiger charge is -2.30. The molecule has 162 valence electrons. The molecule has 0 atom stereocenters. The summed E-state index contributed by atoms with van der Waals surface area (Å²) in [7, 11) is 0. The highest BCUT2D eigenvalue weighted by Gasteiger charge is 2.28. The fraction of sp³-hybridized carbons (Fsp3) is 0.292. The Morgan fingerprint density at radius 3 is 2.52 bits per heavy atom. The van der Waals surface area contributed by atoms with Gasteiger partial charge in [-0.1, -0.05) is 54.1 Å². The number of carbonyl (C=O) groups is 3. The van der Waals surface area contributed by atoms with Crippen LogP contribution in [-0.4, -0.2) is 42.4 Å². The van der Waals surface area contributed by atoms with Crippen molar-refractivity contribution in [3.63, 3.8) is 0 Å². The molecular formula is C24H25ClN2O4. The lowest BCUT2D eigenvalue weighted by atomic mass is 9.97. The van der Waals surface area contributed by atoms with Crippen LogP contribution in [0.4, 0.5) is 0 Å². The van der Waals surface area contributed by atoms with Crippen molar-refractivity contribution >= 4 is 35.5 Å². The SMILES string of the molecule is O=C(COC(=O)C1CCN(C(=O)/C=C/c2ccccc2)CC1)NCc1cccc(Cl)c1. The van der Waals surface area contributed by atoms with Crippen LogP contribution in [0.15, 0.2) is 60.7 Å². The van der Waals surface area contributed by atoms with E-state index < -0.39 is 5.97 Å². The molecule has 1 heterocycles. The molecule has 1 N–H and O–H groups in total. The average Bonchev–Trinajstić information content (AvgIpc) is 2.80. The molecule has 7 heteroatoms. The third-order valence-electron chi connectivity index (χ3n) is 5.08. The fourth-order valence-corrected chi connectivity index (χ4v) is 3.54. The maximum atomic E-state index is 12.3. The quantitative estimate of drug-likeness (QED) is 0.528. The average molecular weight is 441 g/mol. The van der Waals surface area contributed by atoms with Gasteiger partial charge in [0.2, 0.25) is 5.91 Å². The summed E-state index contributed by atoms with van der Waals surface area (Å²) in [6.45, 7) is 0.962. The molecule has 2 aromatic rings. The normalized spacial score (nSPS) is 14.4. The predicted molar refractivity (Wildman–Crippen MR) is 119 cm³/mol. The monoisotopic (exact) mass is 440 g/mol.